The minimum absolute atomic E-state index is 0.0766. The lowest BCUT2D eigenvalue weighted by molar-refractivity contribution is -0.157. The molecule has 3 aromatic rings. The fourth-order valence-electron chi connectivity index (χ4n) is 5.08. The second kappa shape index (κ2) is 10.8. The summed E-state index contributed by atoms with van der Waals surface area (Å²) in [6.45, 7) is 0.161. The maximum Gasteiger partial charge on any atom is 0.250 e. The van der Waals surface area contributed by atoms with E-state index in [1.165, 1.54) is 13.5 Å². The molecular weight excluding hydrogens is 456 g/mol. The van der Waals surface area contributed by atoms with Crippen LogP contribution in [-0.4, -0.2) is 51.3 Å². The number of hydrogen-bond donors (Lipinski definition) is 0. The SMILES string of the molecule is COc1cc(C=O)ccc1OCc1cn(C2C(=O)N(C3CCCCC3)C2/C=C/c2ccccc2)nn1. The van der Waals surface area contributed by atoms with Crippen LogP contribution in [0.5, 0.6) is 11.5 Å². The summed E-state index contributed by atoms with van der Waals surface area (Å²) in [7, 11) is 1.52. The van der Waals surface area contributed by atoms with Crippen molar-refractivity contribution in [3.63, 3.8) is 0 Å². The Balaban J connectivity index is 1.32. The monoisotopic (exact) mass is 486 g/mol. The molecule has 1 aromatic heterocycles. The van der Waals surface area contributed by atoms with Gasteiger partial charge in [-0.1, -0.05) is 67.0 Å². The third kappa shape index (κ3) is 4.89. The molecule has 1 saturated heterocycles. The van der Waals surface area contributed by atoms with Crippen molar-refractivity contribution >= 4 is 18.3 Å². The van der Waals surface area contributed by atoms with Crippen LogP contribution in [0.25, 0.3) is 6.08 Å². The molecule has 1 aliphatic carbocycles. The van der Waals surface area contributed by atoms with E-state index in [1.807, 2.05) is 23.1 Å². The molecule has 2 heterocycles. The molecule has 0 N–H and O–H groups in total. The van der Waals surface area contributed by atoms with Gasteiger partial charge in [-0.15, -0.1) is 5.10 Å². The van der Waals surface area contributed by atoms with Gasteiger partial charge in [0.05, 0.1) is 19.3 Å². The van der Waals surface area contributed by atoms with E-state index in [1.54, 1.807) is 29.1 Å². The van der Waals surface area contributed by atoms with Gasteiger partial charge in [0.1, 0.15) is 18.6 Å². The summed E-state index contributed by atoms with van der Waals surface area (Å²) < 4.78 is 12.9. The van der Waals surface area contributed by atoms with E-state index in [2.05, 4.69) is 34.6 Å². The molecule has 0 spiro atoms. The summed E-state index contributed by atoms with van der Waals surface area (Å²) in [6.07, 6.45) is 12.4. The predicted molar refractivity (Wildman–Crippen MR) is 135 cm³/mol. The smallest absolute Gasteiger partial charge is 0.250 e. The Morgan fingerprint density at radius 2 is 1.83 bits per heavy atom. The Hall–Kier alpha value is -3.94. The highest BCUT2D eigenvalue weighted by Crippen LogP contribution is 2.38. The summed E-state index contributed by atoms with van der Waals surface area (Å²) in [5.74, 6) is 1.06. The van der Waals surface area contributed by atoms with Crippen LogP contribution in [0.2, 0.25) is 0 Å². The van der Waals surface area contributed by atoms with Gasteiger partial charge in [-0.25, -0.2) is 4.68 Å². The van der Waals surface area contributed by atoms with Gasteiger partial charge in [-0.2, -0.15) is 0 Å². The Labute approximate surface area is 210 Å². The fourth-order valence-corrected chi connectivity index (χ4v) is 5.08. The number of hydrogen-bond acceptors (Lipinski definition) is 6. The average molecular weight is 487 g/mol. The molecule has 2 fully saturated rings. The number of aromatic nitrogens is 3. The van der Waals surface area contributed by atoms with Crippen molar-refractivity contribution in [2.45, 2.75) is 56.8 Å². The van der Waals surface area contributed by atoms with Crippen LogP contribution in [-0.2, 0) is 11.4 Å². The number of likely N-dealkylation sites (tertiary alicyclic amines) is 1. The number of carbonyl (C=O) groups is 2. The van der Waals surface area contributed by atoms with E-state index in [0.717, 1.165) is 37.5 Å². The lowest BCUT2D eigenvalue weighted by Crippen LogP contribution is -2.64. The van der Waals surface area contributed by atoms with Gasteiger partial charge in [-0.3, -0.25) is 9.59 Å². The van der Waals surface area contributed by atoms with Gasteiger partial charge in [-0.05, 0) is 36.6 Å². The van der Waals surface area contributed by atoms with Gasteiger partial charge in [0.15, 0.2) is 17.5 Å². The molecular formula is C28H30N4O4. The van der Waals surface area contributed by atoms with Crippen molar-refractivity contribution < 1.29 is 19.1 Å². The lowest BCUT2D eigenvalue weighted by atomic mass is 9.85. The van der Waals surface area contributed by atoms with Crippen LogP contribution in [0.15, 0.2) is 60.8 Å². The van der Waals surface area contributed by atoms with Crippen LogP contribution >= 0.6 is 0 Å². The van der Waals surface area contributed by atoms with E-state index < -0.39 is 6.04 Å². The van der Waals surface area contributed by atoms with Gasteiger partial charge in [0, 0.05) is 11.6 Å². The van der Waals surface area contributed by atoms with Crippen LogP contribution < -0.4 is 9.47 Å². The zero-order chi connectivity index (χ0) is 24.9. The number of amides is 1. The molecule has 0 radical (unpaired) electrons. The molecule has 2 atom stereocenters. The topological polar surface area (TPSA) is 86.5 Å². The van der Waals surface area contributed by atoms with E-state index >= 15 is 0 Å². The standard InChI is InChI=1S/C28H30N4O4/c1-35-26-16-21(18-33)13-15-25(26)36-19-22-17-31(30-29-22)27-24(14-12-20-8-4-2-5-9-20)32(28(27)34)23-10-6-3-7-11-23/h2,4-5,8-9,12-18,23-24,27H,3,6-7,10-11,19H2,1H3/b14-12+. The van der Waals surface area contributed by atoms with E-state index in [-0.39, 0.29) is 24.6 Å². The number of benzene rings is 2. The first-order chi connectivity index (χ1) is 17.7. The van der Waals surface area contributed by atoms with Crippen molar-refractivity contribution in [3.8, 4) is 11.5 Å². The summed E-state index contributed by atoms with van der Waals surface area (Å²) >= 11 is 0. The predicted octanol–water partition coefficient (Wildman–Crippen LogP) is 4.48. The third-order valence-electron chi connectivity index (χ3n) is 6.95. The quantitative estimate of drug-likeness (QED) is 0.328. The molecule has 5 rings (SSSR count). The minimum atomic E-state index is -0.422. The Morgan fingerprint density at radius 3 is 2.58 bits per heavy atom. The fraction of sp³-hybridized carbons (Fsp3) is 0.357. The molecule has 0 bridgehead atoms. The maximum atomic E-state index is 13.3. The number of carbonyl (C=O) groups excluding carboxylic acids is 2. The van der Waals surface area contributed by atoms with Gasteiger partial charge in [0.2, 0.25) is 0 Å². The second-order valence-electron chi connectivity index (χ2n) is 9.25. The first kappa shape index (κ1) is 23.8. The van der Waals surface area contributed by atoms with Gasteiger partial charge < -0.3 is 14.4 Å². The van der Waals surface area contributed by atoms with Gasteiger partial charge >= 0.3 is 0 Å². The van der Waals surface area contributed by atoms with E-state index in [9.17, 15) is 9.59 Å². The molecule has 1 saturated carbocycles. The normalized spacial score (nSPS) is 20.4. The van der Waals surface area contributed by atoms with Crippen LogP contribution in [0.3, 0.4) is 0 Å². The van der Waals surface area contributed by atoms with Crippen molar-refractivity contribution in [1.82, 2.24) is 19.9 Å². The molecule has 8 nitrogen and oxygen atoms in total. The number of ether oxygens (including phenoxy) is 2. The van der Waals surface area contributed by atoms with Crippen molar-refractivity contribution in [1.29, 1.82) is 0 Å². The molecule has 1 aliphatic heterocycles. The van der Waals surface area contributed by atoms with E-state index in [0.29, 0.717) is 22.8 Å². The molecule has 1 amide bonds. The Kier molecular flexibility index (Phi) is 7.11. The van der Waals surface area contributed by atoms with Crippen molar-refractivity contribution in [3.05, 3.63) is 77.6 Å². The number of nitrogens with zero attached hydrogens (tertiary/aromatic N) is 4. The summed E-state index contributed by atoms with van der Waals surface area (Å²) in [4.78, 5) is 26.4. The maximum absolute atomic E-state index is 13.3. The summed E-state index contributed by atoms with van der Waals surface area (Å²) in [5.41, 5.74) is 2.21. The zero-order valence-electron chi connectivity index (χ0n) is 20.3. The number of aldehydes is 1. The Bertz CT molecular complexity index is 1230. The molecule has 36 heavy (non-hydrogen) atoms. The van der Waals surface area contributed by atoms with Crippen LogP contribution in [0.1, 0.15) is 59.8 Å². The van der Waals surface area contributed by atoms with Gasteiger partial charge in [0.25, 0.3) is 5.91 Å². The number of β-lactam (4-membered cyclic amide) rings is 1. The lowest BCUT2D eigenvalue weighted by Gasteiger charge is -2.50. The van der Waals surface area contributed by atoms with Crippen molar-refractivity contribution in [2.75, 3.05) is 7.11 Å². The molecule has 2 unspecified atom stereocenters. The first-order valence-corrected chi connectivity index (χ1v) is 12.4. The summed E-state index contributed by atoms with van der Waals surface area (Å²) in [6, 6.07) is 14.9. The Morgan fingerprint density at radius 1 is 1.03 bits per heavy atom. The van der Waals surface area contributed by atoms with Crippen LogP contribution in [0.4, 0.5) is 0 Å². The summed E-state index contributed by atoms with van der Waals surface area (Å²) in [5, 5.41) is 8.53. The molecule has 186 valence electrons. The third-order valence-corrected chi connectivity index (χ3v) is 6.95. The van der Waals surface area contributed by atoms with Crippen LogP contribution in [0, 0.1) is 0 Å². The second-order valence-corrected chi connectivity index (χ2v) is 9.25. The zero-order valence-corrected chi connectivity index (χ0v) is 20.3. The molecule has 8 heteroatoms. The highest BCUT2D eigenvalue weighted by Gasteiger charge is 2.50. The van der Waals surface area contributed by atoms with E-state index in [4.69, 9.17) is 9.47 Å². The average Bonchev–Trinajstić information content (AvgIpc) is 3.38. The number of rotatable bonds is 9. The highest BCUT2D eigenvalue weighted by atomic mass is 16.5. The minimum Gasteiger partial charge on any atom is -0.493 e. The largest absolute Gasteiger partial charge is 0.493 e. The first-order valence-electron chi connectivity index (χ1n) is 12.4. The number of methoxy groups -OCH3 is 1. The molecule has 2 aliphatic rings. The molecule has 2 aromatic carbocycles. The van der Waals surface area contributed by atoms with Crippen molar-refractivity contribution in [2.24, 2.45) is 0 Å². The highest BCUT2D eigenvalue weighted by molar-refractivity contribution is 5.89.